The van der Waals surface area contributed by atoms with Crippen molar-refractivity contribution in [1.82, 2.24) is 10.2 Å². The SMILES string of the molecule is CCCCCCOC(=O)N1CCC[C@H]1C(=O)NC(c1ccccc1)(c1ccc(OC)cc1)c1ccc(OC)cc1. The van der Waals surface area contributed by atoms with Crippen molar-refractivity contribution in [2.75, 3.05) is 27.4 Å². The molecule has 3 aromatic carbocycles. The third-order valence-electron chi connectivity index (χ3n) is 7.58. The standard InChI is InChI=1S/C33H40N2O5/c1-4-5-6-10-24-40-32(37)35-23-11-14-30(35)31(36)34-33(25-12-8-7-9-13-25,26-15-19-28(38-2)20-16-26)27-17-21-29(39-3)22-18-27/h7-9,12-13,15-22,30H,4-6,10-11,14,23-24H2,1-3H3,(H,34,36)/t30-/m0/s1. The van der Waals surface area contributed by atoms with Crippen molar-refractivity contribution in [2.45, 2.75) is 57.0 Å². The molecule has 0 spiro atoms. The zero-order chi connectivity index (χ0) is 28.4. The van der Waals surface area contributed by atoms with Gasteiger partial charge in [0, 0.05) is 6.54 Å². The zero-order valence-corrected chi connectivity index (χ0v) is 23.7. The van der Waals surface area contributed by atoms with Gasteiger partial charge in [0.1, 0.15) is 23.1 Å². The number of carbonyl (C=O) groups is 2. The number of methoxy groups -OCH3 is 2. The number of ether oxygens (including phenoxy) is 3. The normalized spacial score (nSPS) is 15.0. The van der Waals surface area contributed by atoms with E-state index in [0.717, 1.165) is 60.3 Å². The number of carbonyl (C=O) groups excluding carboxylic acids is 2. The van der Waals surface area contributed by atoms with Gasteiger partial charge in [-0.2, -0.15) is 0 Å². The summed E-state index contributed by atoms with van der Waals surface area (Å²) in [6.45, 7) is 3.01. The Morgan fingerprint density at radius 2 is 1.40 bits per heavy atom. The minimum Gasteiger partial charge on any atom is -0.497 e. The molecule has 212 valence electrons. The number of amides is 2. The number of unbranched alkanes of at least 4 members (excludes halogenated alkanes) is 3. The first-order chi connectivity index (χ1) is 19.5. The topological polar surface area (TPSA) is 77.1 Å². The molecule has 4 rings (SSSR count). The Hall–Kier alpha value is -4.00. The first kappa shape index (κ1) is 29.0. The highest BCUT2D eigenvalue weighted by molar-refractivity contribution is 5.88. The van der Waals surface area contributed by atoms with Crippen LogP contribution in [0.3, 0.4) is 0 Å². The lowest BCUT2D eigenvalue weighted by molar-refractivity contribution is -0.126. The summed E-state index contributed by atoms with van der Waals surface area (Å²) < 4.78 is 16.4. The number of likely N-dealkylation sites (tertiary alicyclic amines) is 1. The molecule has 1 N–H and O–H groups in total. The van der Waals surface area contributed by atoms with Gasteiger partial charge in [0.15, 0.2) is 0 Å². The monoisotopic (exact) mass is 544 g/mol. The van der Waals surface area contributed by atoms with Crippen LogP contribution in [0, 0.1) is 0 Å². The van der Waals surface area contributed by atoms with Crippen LogP contribution in [0.4, 0.5) is 4.79 Å². The molecule has 1 aliphatic heterocycles. The molecular formula is C33H40N2O5. The van der Waals surface area contributed by atoms with Gasteiger partial charge in [-0.1, -0.05) is 80.8 Å². The molecular weight excluding hydrogens is 504 g/mol. The highest BCUT2D eigenvalue weighted by Gasteiger charge is 2.43. The maximum Gasteiger partial charge on any atom is 0.410 e. The lowest BCUT2D eigenvalue weighted by Crippen LogP contribution is -2.54. The van der Waals surface area contributed by atoms with E-state index < -0.39 is 17.7 Å². The smallest absolute Gasteiger partial charge is 0.410 e. The third kappa shape index (κ3) is 6.41. The third-order valence-corrected chi connectivity index (χ3v) is 7.58. The van der Waals surface area contributed by atoms with E-state index in [-0.39, 0.29) is 5.91 Å². The van der Waals surface area contributed by atoms with Crippen LogP contribution in [0.5, 0.6) is 11.5 Å². The van der Waals surface area contributed by atoms with E-state index in [2.05, 4.69) is 12.2 Å². The van der Waals surface area contributed by atoms with Gasteiger partial charge in [-0.15, -0.1) is 0 Å². The number of nitrogens with zero attached hydrogens (tertiary/aromatic N) is 1. The van der Waals surface area contributed by atoms with Crippen molar-refractivity contribution >= 4 is 12.0 Å². The van der Waals surface area contributed by atoms with Gasteiger partial charge in [-0.25, -0.2) is 4.79 Å². The molecule has 7 nitrogen and oxygen atoms in total. The van der Waals surface area contributed by atoms with Crippen molar-refractivity contribution in [3.8, 4) is 11.5 Å². The highest BCUT2D eigenvalue weighted by atomic mass is 16.6. The van der Waals surface area contributed by atoms with Gasteiger partial charge < -0.3 is 19.5 Å². The molecule has 0 aliphatic carbocycles. The van der Waals surface area contributed by atoms with Crippen molar-refractivity contribution in [2.24, 2.45) is 0 Å². The molecule has 0 saturated carbocycles. The minimum atomic E-state index is -1.03. The highest BCUT2D eigenvalue weighted by Crippen LogP contribution is 2.39. The lowest BCUT2D eigenvalue weighted by atomic mass is 9.76. The first-order valence-electron chi connectivity index (χ1n) is 14.1. The van der Waals surface area contributed by atoms with Crippen molar-refractivity contribution in [3.05, 3.63) is 95.6 Å². The Labute approximate surface area is 237 Å². The van der Waals surface area contributed by atoms with E-state index in [9.17, 15) is 9.59 Å². The van der Waals surface area contributed by atoms with E-state index in [1.54, 1.807) is 19.1 Å². The molecule has 0 radical (unpaired) electrons. The van der Waals surface area contributed by atoms with Crippen LogP contribution in [0.1, 0.15) is 62.1 Å². The van der Waals surface area contributed by atoms with Crippen molar-refractivity contribution in [3.63, 3.8) is 0 Å². The van der Waals surface area contributed by atoms with Gasteiger partial charge >= 0.3 is 6.09 Å². The Balaban J connectivity index is 1.70. The summed E-state index contributed by atoms with van der Waals surface area (Å²) in [5.41, 5.74) is 1.58. The molecule has 2 amide bonds. The molecule has 0 aromatic heterocycles. The van der Waals surface area contributed by atoms with Crippen LogP contribution in [0.25, 0.3) is 0 Å². The zero-order valence-electron chi connectivity index (χ0n) is 23.7. The molecule has 1 saturated heterocycles. The molecule has 1 fully saturated rings. The number of rotatable bonds is 12. The molecule has 0 bridgehead atoms. The molecule has 1 aliphatic rings. The summed E-state index contributed by atoms with van der Waals surface area (Å²) in [4.78, 5) is 28.7. The van der Waals surface area contributed by atoms with E-state index in [0.29, 0.717) is 19.6 Å². The number of benzene rings is 3. The second-order valence-corrected chi connectivity index (χ2v) is 10.1. The predicted molar refractivity (Wildman–Crippen MR) is 156 cm³/mol. The fraction of sp³-hybridized carbons (Fsp3) is 0.394. The fourth-order valence-electron chi connectivity index (χ4n) is 5.38. The summed E-state index contributed by atoms with van der Waals surface area (Å²) in [5, 5.41) is 3.40. The van der Waals surface area contributed by atoms with Crippen LogP contribution in [0.15, 0.2) is 78.9 Å². The Bertz CT molecular complexity index is 1180. The Kier molecular flexibility index (Phi) is 10.1. The van der Waals surface area contributed by atoms with Gasteiger partial charge in [-0.05, 0) is 60.2 Å². The maximum atomic E-state index is 14.1. The molecule has 40 heavy (non-hydrogen) atoms. The van der Waals surface area contributed by atoms with Crippen LogP contribution >= 0.6 is 0 Å². The summed E-state index contributed by atoms with van der Waals surface area (Å²) in [5.74, 6) is 1.21. The molecule has 1 atom stereocenters. The van der Waals surface area contributed by atoms with E-state index in [1.165, 1.54) is 0 Å². The predicted octanol–water partition coefficient (Wildman–Crippen LogP) is 6.29. The summed E-state index contributed by atoms with van der Waals surface area (Å²) in [7, 11) is 3.25. The number of hydrogen-bond acceptors (Lipinski definition) is 5. The molecule has 7 heteroatoms. The van der Waals surface area contributed by atoms with Crippen LogP contribution in [-0.2, 0) is 15.1 Å². The van der Waals surface area contributed by atoms with E-state index in [1.807, 2.05) is 78.9 Å². The fourth-order valence-corrected chi connectivity index (χ4v) is 5.38. The summed E-state index contributed by atoms with van der Waals surface area (Å²) in [6.07, 6.45) is 4.99. The number of hydrogen-bond donors (Lipinski definition) is 1. The number of nitrogens with one attached hydrogen (secondary N) is 1. The molecule has 0 unspecified atom stereocenters. The van der Waals surface area contributed by atoms with E-state index in [4.69, 9.17) is 14.2 Å². The summed E-state index contributed by atoms with van der Waals surface area (Å²) >= 11 is 0. The Morgan fingerprint density at radius 3 is 1.95 bits per heavy atom. The lowest BCUT2D eigenvalue weighted by Gasteiger charge is -2.38. The Morgan fingerprint density at radius 1 is 0.825 bits per heavy atom. The molecule has 1 heterocycles. The average molecular weight is 545 g/mol. The van der Waals surface area contributed by atoms with Crippen LogP contribution in [-0.4, -0.2) is 50.3 Å². The quantitative estimate of drug-likeness (QED) is 0.214. The van der Waals surface area contributed by atoms with Gasteiger partial charge in [-0.3, -0.25) is 9.69 Å². The van der Waals surface area contributed by atoms with Crippen LogP contribution < -0.4 is 14.8 Å². The minimum absolute atomic E-state index is 0.226. The maximum absolute atomic E-state index is 14.1. The van der Waals surface area contributed by atoms with Crippen molar-refractivity contribution < 1.29 is 23.8 Å². The average Bonchev–Trinajstić information content (AvgIpc) is 3.51. The summed E-state index contributed by atoms with van der Waals surface area (Å²) in [6, 6.07) is 24.7. The van der Waals surface area contributed by atoms with Crippen molar-refractivity contribution in [1.29, 1.82) is 0 Å². The second kappa shape index (κ2) is 13.9. The molecule has 3 aromatic rings. The van der Waals surface area contributed by atoms with Gasteiger partial charge in [0.2, 0.25) is 5.91 Å². The van der Waals surface area contributed by atoms with Crippen LogP contribution in [0.2, 0.25) is 0 Å². The van der Waals surface area contributed by atoms with Gasteiger partial charge in [0.25, 0.3) is 0 Å². The van der Waals surface area contributed by atoms with E-state index >= 15 is 0 Å². The largest absolute Gasteiger partial charge is 0.497 e. The first-order valence-corrected chi connectivity index (χ1v) is 14.1. The van der Waals surface area contributed by atoms with Gasteiger partial charge in [0.05, 0.1) is 20.8 Å². The second-order valence-electron chi connectivity index (χ2n) is 10.1.